The Bertz CT molecular complexity index is 408. The van der Waals surface area contributed by atoms with Crippen molar-refractivity contribution in [3.05, 3.63) is 58.8 Å². The van der Waals surface area contributed by atoms with Gasteiger partial charge in [-0.1, -0.05) is 36.4 Å². The highest BCUT2D eigenvalue weighted by atomic mass is 79.9. The molecule has 0 aliphatic rings. The van der Waals surface area contributed by atoms with Gasteiger partial charge in [0.2, 0.25) is 0 Å². The molecule has 0 nitrogen and oxygen atoms in total. The van der Waals surface area contributed by atoms with E-state index < -0.39 is 0 Å². The summed E-state index contributed by atoms with van der Waals surface area (Å²) in [6.45, 7) is 0. The molecule has 0 bridgehead atoms. The topological polar surface area (TPSA) is 0 Å². The Morgan fingerprint density at radius 3 is 2.43 bits per heavy atom. The van der Waals surface area contributed by atoms with Crippen LogP contribution in [-0.4, -0.2) is 0 Å². The zero-order valence-corrected chi connectivity index (χ0v) is 8.88. The Labute approximate surface area is 90.5 Å². The average Bonchev–Trinajstić information content (AvgIpc) is 2.20. The van der Waals surface area contributed by atoms with Crippen LogP contribution in [0.3, 0.4) is 0 Å². The van der Waals surface area contributed by atoms with Crippen molar-refractivity contribution in [1.29, 1.82) is 0 Å². The molecule has 2 aromatic rings. The van der Waals surface area contributed by atoms with Gasteiger partial charge >= 0.3 is 0 Å². The highest BCUT2D eigenvalue weighted by molar-refractivity contribution is 9.10. The standard InChI is InChI=1S/C12H7BrF/c13-11-7-3-1-5-9(11)10-6-2-4-8-12(10)14/h1-6,8H. The molecule has 0 heterocycles. The molecule has 2 rings (SSSR count). The normalized spacial score (nSPS) is 10.1. The molecule has 0 unspecified atom stereocenters. The van der Waals surface area contributed by atoms with Crippen molar-refractivity contribution in [1.82, 2.24) is 0 Å². The van der Waals surface area contributed by atoms with Crippen LogP contribution < -0.4 is 0 Å². The van der Waals surface area contributed by atoms with Gasteiger partial charge in [0.05, 0.1) is 0 Å². The van der Waals surface area contributed by atoms with Crippen LogP contribution in [0.2, 0.25) is 0 Å². The molecule has 0 aliphatic carbocycles. The number of hydrogen-bond donors (Lipinski definition) is 0. The van der Waals surface area contributed by atoms with Crippen molar-refractivity contribution in [3.8, 4) is 11.1 Å². The molecule has 0 atom stereocenters. The molecule has 0 saturated heterocycles. The van der Waals surface area contributed by atoms with E-state index in [2.05, 4.69) is 22.0 Å². The van der Waals surface area contributed by atoms with Gasteiger partial charge in [0.15, 0.2) is 0 Å². The predicted octanol–water partition coefficient (Wildman–Crippen LogP) is 4.06. The maximum atomic E-state index is 13.4. The van der Waals surface area contributed by atoms with E-state index in [0.29, 0.717) is 5.56 Å². The van der Waals surface area contributed by atoms with Gasteiger partial charge in [-0.05, 0) is 33.6 Å². The van der Waals surface area contributed by atoms with Crippen LogP contribution >= 0.6 is 15.9 Å². The molecular formula is C12H7BrF. The van der Waals surface area contributed by atoms with Gasteiger partial charge in [-0.3, -0.25) is 0 Å². The van der Waals surface area contributed by atoms with E-state index >= 15 is 0 Å². The average molecular weight is 250 g/mol. The Morgan fingerprint density at radius 1 is 1.00 bits per heavy atom. The Morgan fingerprint density at radius 2 is 1.71 bits per heavy atom. The van der Waals surface area contributed by atoms with Gasteiger partial charge < -0.3 is 0 Å². The van der Waals surface area contributed by atoms with Crippen molar-refractivity contribution < 1.29 is 4.39 Å². The lowest BCUT2D eigenvalue weighted by molar-refractivity contribution is 0.631. The second kappa shape index (κ2) is 3.93. The molecule has 69 valence electrons. The third kappa shape index (κ3) is 1.70. The van der Waals surface area contributed by atoms with Gasteiger partial charge in [-0.25, -0.2) is 4.39 Å². The third-order valence-corrected chi connectivity index (χ3v) is 2.63. The summed E-state index contributed by atoms with van der Waals surface area (Å²) in [5, 5.41) is 0. The van der Waals surface area contributed by atoms with Gasteiger partial charge in [-0.2, -0.15) is 0 Å². The second-order valence-corrected chi connectivity index (χ2v) is 3.67. The first-order valence-corrected chi connectivity index (χ1v) is 4.99. The molecule has 0 spiro atoms. The number of rotatable bonds is 1. The summed E-state index contributed by atoms with van der Waals surface area (Å²) >= 11 is 3.34. The Kier molecular flexibility index (Phi) is 2.64. The van der Waals surface area contributed by atoms with Crippen LogP contribution in [0.1, 0.15) is 0 Å². The SMILES string of the molecule is Fc1ccccc1-c1ccc[c]c1Br. The fourth-order valence-electron chi connectivity index (χ4n) is 1.30. The Balaban J connectivity index is 2.61. The van der Waals surface area contributed by atoms with Gasteiger partial charge in [-0.15, -0.1) is 0 Å². The molecule has 14 heavy (non-hydrogen) atoms. The molecule has 2 heteroatoms. The molecule has 1 radical (unpaired) electrons. The summed E-state index contributed by atoms with van der Waals surface area (Å²) in [6.07, 6.45) is 0. The first-order valence-electron chi connectivity index (χ1n) is 4.20. The quantitative estimate of drug-likeness (QED) is 0.716. The summed E-state index contributed by atoms with van der Waals surface area (Å²) in [5.74, 6) is -0.215. The highest BCUT2D eigenvalue weighted by Gasteiger charge is 2.06. The largest absolute Gasteiger partial charge is 0.206 e. The van der Waals surface area contributed by atoms with E-state index in [0.717, 1.165) is 10.0 Å². The minimum atomic E-state index is -0.215. The van der Waals surface area contributed by atoms with Crippen molar-refractivity contribution in [2.75, 3.05) is 0 Å². The van der Waals surface area contributed by atoms with E-state index in [1.54, 1.807) is 18.2 Å². The summed E-state index contributed by atoms with van der Waals surface area (Å²) in [4.78, 5) is 0. The first kappa shape index (κ1) is 9.41. The first-order chi connectivity index (χ1) is 6.79. The second-order valence-electron chi connectivity index (χ2n) is 2.88. The van der Waals surface area contributed by atoms with Gasteiger partial charge in [0.25, 0.3) is 0 Å². The minimum Gasteiger partial charge on any atom is -0.206 e. The van der Waals surface area contributed by atoms with E-state index in [4.69, 9.17) is 0 Å². The lowest BCUT2D eigenvalue weighted by Crippen LogP contribution is -1.84. The summed E-state index contributed by atoms with van der Waals surface area (Å²) in [5.41, 5.74) is 1.42. The van der Waals surface area contributed by atoms with E-state index in [-0.39, 0.29) is 5.82 Å². The van der Waals surface area contributed by atoms with Crippen LogP contribution in [0.25, 0.3) is 11.1 Å². The molecule has 0 saturated carbocycles. The number of benzene rings is 2. The van der Waals surface area contributed by atoms with Crippen molar-refractivity contribution in [2.45, 2.75) is 0 Å². The Hall–Kier alpha value is -1.15. The number of halogens is 2. The van der Waals surface area contributed by atoms with E-state index in [1.807, 2.05) is 18.2 Å². The summed E-state index contributed by atoms with van der Waals surface area (Å²) in [6, 6.07) is 15.2. The molecule has 0 aliphatic heterocycles. The highest BCUT2D eigenvalue weighted by Crippen LogP contribution is 2.29. The lowest BCUT2D eigenvalue weighted by atomic mass is 10.1. The fourth-order valence-corrected chi connectivity index (χ4v) is 1.78. The lowest BCUT2D eigenvalue weighted by Gasteiger charge is -2.04. The zero-order valence-electron chi connectivity index (χ0n) is 7.30. The molecule has 0 amide bonds. The van der Waals surface area contributed by atoms with E-state index in [1.165, 1.54) is 6.07 Å². The maximum absolute atomic E-state index is 13.4. The zero-order chi connectivity index (χ0) is 9.97. The predicted molar refractivity (Wildman–Crippen MR) is 58.4 cm³/mol. The molecule has 0 aromatic heterocycles. The van der Waals surface area contributed by atoms with Gasteiger partial charge in [0, 0.05) is 10.0 Å². The van der Waals surface area contributed by atoms with Crippen molar-refractivity contribution >= 4 is 15.9 Å². The molecule has 2 aromatic carbocycles. The smallest absolute Gasteiger partial charge is 0.131 e. The maximum Gasteiger partial charge on any atom is 0.131 e. The molecule has 0 fully saturated rings. The number of hydrogen-bond acceptors (Lipinski definition) is 0. The van der Waals surface area contributed by atoms with Crippen LogP contribution in [0.5, 0.6) is 0 Å². The van der Waals surface area contributed by atoms with Crippen LogP contribution in [0.15, 0.2) is 46.9 Å². The van der Waals surface area contributed by atoms with Gasteiger partial charge in [0.1, 0.15) is 5.82 Å². The fraction of sp³-hybridized carbons (Fsp3) is 0. The van der Waals surface area contributed by atoms with Crippen LogP contribution in [0, 0.1) is 11.9 Å². The van der Waals surface area contributed by atoms with Crippen molar-refractivity contribution in [3.63, 3.8) is 0 Å². The summed E-state index contributed by atoms with van der Waals surface area (Å²) < 4.78 is 14.2. The third-order valence-electron chi connectivity index (χ3n) is 1.97. The minimum absolute atomic E-state index is 0.215. The molecule has 0 N–H and O–H groups in total. The van der Waals surface area contributed by atoms with Crippen LogP contribution in [0.4, 0.5) is 4.39 Å². The summed E-state index contributed by atoms with van der Waals surface area (Å²) in [7, 11) is 0. The molecular weight excluding hydrogens is 243 g/mol. The van der Waals surface area contributed by atoms with E-state index in [9.17, 15) is 4.39 Å². The monoisotopic (exact) mass is 249 g/mol. The van der Waals surface area contributed by atoms with Crippen LogP contribution in [-0.2, 0) is 0 Å². The van der Waals surface area contributed by atoms with Crippen molar-refractivity contribution in [2.24, 2.45) is 0 Å².